The molecule has 2 heterocycles. The van der Waals surface area contributed by atoms with Crippen molar-refractivity contribution in [2.24, 2.45) is 0 Å². The van der Waals surface area contributed by atoms with E-state index in [1.165, 1.54) is 12.8 Å². The first-order chi connectivity index (χ1) is 8.56. The van der Waals surface area contributed by atoms with Crippen LogP contribution in [-0.4, -0.2) is 45.4 Å². The zero-order valence-electron chi connectivity index (χ0n) is 11.6. The number of H-pyrrole nitrogens is 1. The number of ether oxygens (including phenoxy) is 1. The number of aromatic amines is 1. The Kier molecular flexibility index (Phi) is 4.35. The van der Waals surface area contributed by atoms with E-state index in [0.717, 1.165) is 31.9 Å². The van der Waals surface area contributed by atoms with Crippen molar-refractivity contribution < 1.29 is 4.74 Å². The fourth-order valence-corrected chi connectivity index (χ4v) is 2.41. The summed E-state index contributed by atoms with van der Waals surface area (Å²) in [6.45, 7) is 9.14. The van der Waals surface area contributed by atoms with E-state index in [1.54, 1.807) is 6.33 Å². The molecule has 0 unspecified atom stereocenters. The lowest BCUT2D eigenvalue weighted by atomic mass is 10.0. The summed E-state index contributed by atoms with van der Waals surface area (Å²) in [7, 11) is 0. The van der Waals surface area contributed by atoms with Crippen LogP contribution in [0.2, 0.25) is 0 Å². The molecule has 1 saturated heterocycles. The minimum absolute atomic E-state index is 0.0580. The fraction of sp³-hybridized carbons (Fsp3) is 0.846. The molecule has 1 aromatic rings. The Balaban J connectivity index is 1.88. The minimum Gasteiger partial charge on any atom is -0.375 e. The Morgan fingerprint density at radius 3 is 2.94 bits per heavy atom. The summed E-state index contributed by atoms with van der Waals surface area (Å²) < 4.78 is 5.81. The molecule has 5 heteroatoms. The summed E-state index contributed by atoms with van der Waals surface area (Å²) in [6.07, 6.45) is 5.28. The van der Waals surface area contributed by atoms with E-state index >= 15 is 0 Å². The van der Waals surface area contributed by atoms with Crippen LogP contribution in [0, 0.1) is 0 Å². The van der Waals surface area contributed by atoms with Gasteiger partial charge in [0.2, 0.25) is 0 Å². The first-order valence-electron chi connectivity index (χ1n) is 6.79. The maximum absolute atomic E-state index is 5.81. The number of piperidine rings is 1. The average molecular weight is 252 g/mol. The maximum atomic E-state index is 5.81. The van der Waals surface area contributed by atoms with E-state index in [0.29, 0.717) is 6.04 Å². The second-order valence-corrected chi connectivity index (χ2v) is 5.88. The van der Waals surface area contributed by atoms with Crippen molar-refractivity contribution in [3.63, 3.8) is 0 Å². The van der Waals surface area contributed by atoms with E-state index in [1.807, 2.05) is 0 Å². The summed E-state index contributed by atoms with van der Waals surface area (Å²) in [6, 6.07) is 0.379. The molecule has 1 aliphatic heterocycles. The minimum atomic E-state index is -0.0580. The van der Waals surface area contributed by atoms with Crippen LogP contribution in [0.25, 0.3) is 0 Å². The molecule has 0 spiro atoms. The van der Waals surface area contributed by atoms with Crippen molar-refractivity contribution in [1.29, 1.82) is 0 Å². The lowest BCUT2D eigenvalue weighted by Gasteiger charge is -2.34. The highest BCUT2D eigenvalue weighted by Gasteiger charge is 2.26. The second kappa shape index (κ2) is 5.80. The van der Waals surface area contributed by atoms with Gasteiger partial charge in [0.05, 0.1) is 18.2 Å². The van der Waals surface area contributed by atoms with Crippen LogP contribution in [-0.2, 0) is 4.74 Å². The van der Waals surface area contributed by atoms with Crippen LogP contribution < -0.4 is 0 Å². The summed E-state index contributed by atoms with van der Waals surface area (Å²) >= 11 is 0. The van der Waals surface area contributed by atoms with Crippen LogP contribution >= 0.6 is 0 Å². The SMILES string of the molecule is CC(C)(C)OCCN1CCCC[C@@H]1c1ncn[nH]1. The van der Waals surface area contributed by atoms with Crippen LogP contribution in [0.4, 0.5) is 0 Å². The molecule has 0 aliphatic carbocycles. The number of aromatic nitrogens is 3. The largest absolute Gasteiger partial charge is 0.375 e. The van der Waals surface area contributed by atoms with Crippen LogP contribution in [0.3, 0.4) is 0 Å². The topological polar surface area (TPSA) is 54.0 Å². The summed E-state index contributed by atoms with van der Waals surface area (Å²) in [5, 5.41) is 6.96. The lowest BCUT2D eigenvalue weighted by molar-refractivity contribution is -0.0218. The van der Waals surface area contributed by atoms with Crippen molar-refractivity contribution in [2.75, 3.05) is 19.7 Å². The highest BCUT2D eigenvalue weighted by molar-refractivity contribution is 4.94. The van der Waals surface area contributed by atoms with Crippen LogP contribution in [0.1, 0.15) is 51.9 Å². The Morgan fingerprint density at radius 1 is 1.44 bits per heavy atom. The third kappa shape index (κ3) is 3.78. The molecule has 1 atom stereocenters. The van der Waals surface area contributed by atoms with Gasteiger partial charge in [-0.3, -0.25) is 10.00 Å². The Bertz CT molecular complexity index is 344. The van der Waals surface area contributed by atoms with E-state index < -0.39 is 0 Å². The highest BCUT2D eigenvalue weighted by atomic mass is 16.5. The number of likely N-dealkylation sites (tertiary alicyclic amines) is 1. The second-order valence-electron chi connectivity index (χ2n) is 5.88. The van der Waals surface area contributed by atoms with Gasteiger partial charge in [0.25, 0.3) is 0 Å². The maximum Gasteiger partial charge on any atom is 0.141 e. The molecule has 0 saturated carbocycles. The number of nitrogens with zero attached hydrogens (tertiary/aromatic N) is 3. The zero-order chi connectivity index (χ0) is 13.0. The number of hydrogen-bond donors (Lipinski definition) is 1. The molecule has 0 radical (unpaired) electrons. The van der Waals surface area contributed by atoms with Crippen LogP contribution in [0.15, 0.2) is 6.33 Å². The van der Waals surface area contributed by atoms with Gasteiger partial charge in [0.15, 0.2) is 0 Å². The van der Waals surface area contributed by atoms with Crippen molar-refractivity contribution in [2.45, 2.75) is 51.7 Å². The van der Waals surface area contributed by atoms with E-state index in [4.69, 9.17) is 4.74 Å². The van der Waals surface area contributed by atoms with Crippen molar-refractivity contribution in [1.82, 2.24) is 20.1 Å². The molecule has 1 aliphatic rings. The van der Waals surface area contributed by atoms with Gasteiger partial charge in [-0.2, -0.15) is 5.10 Å². The van der Waals surface area contributed by atoms with E-state index in [-0.39, 0.29) is 5.60 Å². The Labute approximate surface area is 109 Å². The summed E-state index contributed by atoms with van der Waals surface area (Å²) in [5.41, 5.74) is -0.0580. The van der Waals surface area contributed by atoms with Crippen molar-refractivity contribution in [3.8, 4) is 0 Å². The van der Waals surface area contributed by atoms with E-state index in [2.05, 4.69) is 40.9 Å². The smallest absolute Gasteiger partial charge is 0.141 e. The highest BCUT2D eigenvalue weighted by Crippen LogP contribution is 2.28. The molecule has 2 rings (SSSR count). The van der Waals surface area contributed by atoms with Gasteiger partial charge in [-0.15, -0.1) is 0 Å². The van der Waals surface area contributed by atoms with E-state index in [9.17, 15) is 0 Å². The fourth-order valence-electron chi connectivity index (χ4n) is 2.41. The molecule has 0 bridgehead atoms. The lowest BCUT2D eigenvalue weighted by Crippen LogP contribution is -2.37. The monoisotopic (exact) mass is 252 g/mol. The normalized spacial score (nSPS) is 22.3. The predicted octanol–water partition coefficient (Wildman–Crippen LogP) is 2.15. The average Bonchev–Trinajstić information content (AvgIpc) is 2.81. The van der Waals surface area contributed by atoms with Gasteiger partial charge in [0, 0.05) is 6.54 Å². The third-order valence-electron chi connectivity index (χ3n) is 3.28. The molecular weight excluding hydrogens is 228 g/mol. The number of nitrogens with one attached hydrogen (secondary N) is 1. The van der Waals surface area contributed by atoms with Crippen molar-refractivity contribution >= 4 is 0 Å². The molecule has 0 amide bonds. The molecule has 102 valence electrons. The van der Waals surface area contributed by atoms with Gasteiger partial charge < -0.3 is 4.74 Å². The van der Waals surface area contributed by atoms with Crippen molar-refractivity contribution in [3.05, 3.63) is 12.2 Å². The summed E-state index contributed by atoms with van der Waals surface area (Å²) in [4.78, 5) is 6.75. The molecule has 1 N–H and O–H groups in total. The summed E-state index contributed by atoms with van der Waals surface area (Å²) in [5.74, 6) is 0.991. The Hall–Kier alpha value is -0.940. The Morgan fingerprint density at radius 2 is 2.28 bits per heavy atom. The van der Waals surface area contributed by atoms with Gasteiger partial charge in [-0.1, -0.05) is 6.42 Å². The molecular formula is C13H24N4O. The molecule has 18 heavy (non-hydrogen) atoms. The predicted molar refractivity (Wildman–Crippen MR) is 70.3 cm³/mol. The first-order valence-corrected chi connectivity index (χ1v) is 6.79. The molecule has 1 aromatic heterocycles. The van der Waals surface area contributed by atoms with Gasteiger partial charge in [0.1, 0.15) is 12.2 Å². The van der Waals surface area contributed by atoms with Crippen LogP contribution in [0.5, 0.6) is 0 Å². The quantitative estimate of drug-likeness (QED) is 0.892. The van der Waals surface area contributed by atoms with Gasteiger partial charge in [-0.05, 0) is 40.2 Å². The third-order valence-corrected chi connectivity index (χ3v) is 3.28. The standard InChI is InChI=1S/C13H24N4O/c1-13(2,3)18-9-8-17-7-5-4-6-11(17)12-14-10-15-16-12/h10-11H,4-9H2,1-3H3,(H,14,15,16)/t11-/m1/s1. The molecule has 0 aromatic carbocycles. The van der Waals surface area contributed by atoms with Gasteiger partial charge >= 0.3 is 0 Å². The zero-order valence-corrected chi connectivity index (χ0v) is 11.6. The number of rotatable bonds is 4. The number of hydrogen-bond acceptors (Lipinski definition) is 4. The molecule has 1 fully saturated rings. The van der Waals surface area contributed by atoms with Gasteiger partial charge in [-0.25, -0.2) is 4.98 Å². The first kappa shape index (κ1) is 13.5. The molecule has 5 nitrogen and oxygen atoms in total.